The van der Waals surface area contributed by atoms with Crippen LogP contribution < -0.4 is 15.4 Å². The van der Waals surface area contributed by atoms with Gasteiger partial charge >= 0.3 is 6.09 Å². The number of sulfonamides is 1. The molecule has 3 N–H and O–H groups in total. The molecule has 1 fully saturated rings. The highest BCUT2D eigenvalue weighted by Crippen LogP contribution is 2.20. The Kier molecular flexibility index (Phi) is 9.03. The number of likely N-dealkylation sites (tertiary alicyclic amines) is 1. The highest BCUT2D eigenvalue weighted by Gasteiger charge is 2.26. The number of piperidine rings is 1. The zero-order valence-corrected chi connectivity index (χ0v) is 21.7. The number of anilines is 2. The Morgan fingerprint density at radius 1 is 1.14 bits per heavy atom. The molecular weight excluding hydrogens is 468 g/mol. The van der Waals surface area contributed by atoms with Gasteiger partial charge in [-0.3, -0.25) is 0 Å². The lowest BCUT2D eigenvalue weighted by Gasteiger charge is -2.33. The van der Waals surface area contributed by atoms with E-state index in [4.69, 9.17) is 4.74 Å². The van der Waals surface area contributed by atoms with Gasteiger partial charge in [0.15, 0.2) is 0 Å². The van der Waals surface area contributed by atoms with E-state index in [0.717, 1.165) is 30.8 Å². The largest absolute Gasteiger partial charge is 0.444 e. The second kappa shape index (κ2) is 11.8. The normalized spacial score (nSPS) is 15.1. The molecule has 0 aliphatic carbocycles. The molecule has 0 bridgehead atoms. The van der Waals surface area contributed by atoms with Gasteiger partial charge in [0, 0.05) is 37.9 Å². The number of nitrogens with one attached hydrogen (secondary N) is 3. The molecule has 1 amide bonds. The molecule has 1 aliphatic heterocycles. The quantitative estimate of drug-likeness (QED) is 0.475. The fourth-order valence-electron chi connectivity index (χ4n) is 3.75. The van der Waals surface area contributed by atoms with Gasteiger partial charge in [-0.05, 0) is 70.3 Å². The van der Waals surface area contributed by atoms with Crippen LogP contribution in [0.3, 0.4) is 0 Å². The zero-order valence-electron chi connectivity index (χ0n) is 20.9. The van der Waals surface area contributed by atoms with E-state index in [0.29, 0.717) is 37.9 Å². The number of nitrogens with zero attached hydrogens (tertiary/aromatic N) is 3. The summed E-state index contributed by atoms with van der Waals surface area (Å²) in [6.07, 6.45) is 3.13. The summed E-state index contributed by atoms with van der Waals surface area (Å²) in [5, 5.41) is 6.64. The predicted molar refractivity (Wildman–Crippen MR) is 135 cm³/mol. The summed E-state index contributed by atoms with van der Waals surface area (Å²) in [6.45, 7) is 10.6. The molecule has 1 aromatic carbocycles. The molecule has 10 nitrogen and oxygen atoms in total. The topological polar surface area (TPSA) is 126 Å². The molecule has 2 aromatic rings. The molecule has 1 aromatic heterocycles. The molecule has 0 unspecified atom stereocenters. The number of benzene rings is 1. The van der Waals surface area contributed by atoms with Crippen LogP contribution in [0.4, 0.5) is 16.3 Å². The van der Waals surface area contributed by atoms with Crippen LogP contribution in [-0.4, -0.2) is 61.2 Å². The minimum atomic E-state index is -3.48. The average Bonchev–Trinajstić information content (AvgIpc) is 2.79. The SMILES string of the molecule is CCNS(=O)(=O)c1ccc(Nc2cc(CNCC3CCN(C(=O)OC(C)(C)C)CC3)ncn2)cc1. The molecule has 1 saturated heterocycles. The van der Waals surface area contributed by atoms with Crippen molar-refractivity contribution >= 4 is 27.6 Å². The second-order valence-electron chi connectivity index (χ2n) is 9.59. The summed E-state index contributed by atoms with van der Waals surface area (Å²) in [4.78, 5) is 22.8. The first-order chi connectivity index (χ1) is 16.6. The van der Waals surface area contributed by atoms with Gasteiger partial charge in [-0.15, -0.1) is 0 Å². The lowest BCUT2D eigenvalue weighted by molar-refractivity contribution is 0.0184. The van der Waals surface area contributed by atoms with Crippen LogP contribution in [0.5, 0.6) is 0 Å². The summed E-state index contributed by atoms with van der Waals surface area (Å²) in [5.41, 5.74) is 1.10. The number of aromatic nitrogens is 2. The standard InChI is InChI=1S/C24H36N6O4S/c1-5-28-35(32,33)21-8-6-19(7-9-21)29-22-14-20(26-17-27-22)16-25-15-18-10-12-30(13-11-18)23(31)34-24(2,3)4/h6-9,14,17-18,25,28H,5,10-13,15-16H2,1-4H3,(H,26,27,29). The highest BCUT2D eigenvalue weighted by atomic mass is 32.2. The van der Waals surface area contributed by atoms with E-state index in [1.165, 1.54) is 6.33 Å². The van der Waals surface area contributed by atoms with Crippen molar-refractivity contribution in [2.45, 2.75) is 57.6 Å². The molecular formula is C24H36N6O4S. The maximum absolute atomic E-state index is 12.2. The van der Waals surface area contributed by atoms with Gasteiger partial charge in [0.1, 0.15) is 17.7 Å². The number of hydrogen-bond acceptors (Lipinski definition) is 8. The molecule has 3 rings (SSSR count). The number of rotatable bonds is 9. The van der Waals surface area contributed by atoms with Gasteiger partial charge < -0.3 is 20.3 Å². The fraction of sp³-hybridized carbons (Fsp3) is 0.542. The van der Waals surface area contributed by atoms with Crippen molar-refractivity contribution in [2.75, 3.05) is 31.5 Å². The van der Waals surface area contributed by atoms with Gasteiger partial charge in [-0.2, -0.15) is 0 Å². The molecule has 2 heterocycles. The molecule has 1 aliphatic rings. The van der Waals surface area contributed by atoms with E-state index >= 15 is 0 Å². The van der Waals surface area contributed by atoms with E-state index in [-0.39, 0.29) is 11.0 Å². The van der Waals surface area contributed by atoms with E-state index in [1.807, 2.05) is 26.8 Å². The van der Waals surface area contributed by atoms with Crippen molar-refractivity contribution in [2.24, 2.45) is 5.92 Å². The van der Waals surface area contributed by atoms with Gasteiger partial charge in [0.25, 0.3) is 0 Å². The van der Waals surface area contributed by atoms with Gasteiger partial charge in [0.2, 0.25) is 10.0 Å². The van der Waals surface area contributed by atoms with E-state index in [2.05, 4.69) is 25.3 Å². The van der Waals surface area contributed by atoms with Gasteiger partial charge in [0.05, 0.1) is 10.6 Å². The molecule has 11 heteroatoms. The Balaban J connectivity index is 1.45. The maximum Gasteiger partial charge on any atom is 0.410 e. The number of hydrogen-bond donors (Lipinski definition) is 3. The maximum atomic E-state index is 12.2. The summed E-state index contributed by atoms with van der Waals surface area (Å²) in [7, 11) is -3.48. The number of amides is 1. The van der Waals surface area contributed by atoms with Crippen molar-refractivity contribution in [3.05, 3.63) is 42.4 Å². The summed E-state index contributed by atoms with van der Waals surface area (Å²) < 4.78 is 32.1. The van der Waals surface area contributed by atoms with Crippen LogP contribution >= 0.6 is 0 Å². The van der Waals surface area contributed by atoms with Crippen LogP contribution in [0.25, 0.3) is 0 Å². The summed E-state index contributed by atoms with van der Waals surface area (Å²) in [6, 6.07) is 8.37. The molecule has 0 saturated carbocycles. The van der Waals surface area contributed by atoms with Crippen molar-refractivity contribution in [3.8, 4) is 0 Å². The minimum absolute atomic E-state index is 0.217. The first-order valence-corrected chi connectivity index (χ1v) is 13.4. The lowest BCUT2D eigenvalue weighted by Crippen LogP contribution is -2.43. The van der Waals surface area contributed by atoms with Crippen LogP contribution in [0.2, 0.25) is 0 Å². The van der Waals surface area contributed by atoms with Crippen molar-refractivity contribution in [3.63, 3.8) is 0 Å². The Bertz CT molecular complexity index is 1080. The highest BCUT2D eigenvalue weighted by molar-refractivity contribution is 7.89. The zero-order chi connectivity index (χ0) is 25.5. The Hall–Kier alpha value is -2.76. The summed E-state index contributed by atoms with van der Waals surface area (Å²) in [5.74, 6) is 1.12. The first-order valence-electron chi connectivity index (χ1n) is 11.9. The predicted octanol–water partition coefficient (Wildman–Crippen LogP) is 3.26. The van der Waals surface area contributed by atoms with Crippen LogP contribution in [0, 0.1) is 5.92 Å². The third-order valence-electron chi connectivity index (χ3n) is 5.50. The van der Waals surface area contributed by atoms with Crippen LogP contribution in [0.1, 0.15) is 46.2 Å². The monoisotopic (exact) mass is 504 g/mol. The van der Waals surface area contributed by atoms with Crippen molar-refractivity contribution in [1.82, 2.24) is 24.9 Å². The van der Waals surface area contributed by atoms with Crippen LogP contribution in [0.15, 0.2) is 41.6 Å². The smallest absolute Gasteiger partial charge is 0.410 e. The third-order valence-corrected chi connectivity index (χ3v) is 7.06. The Labute approximate surface area is 207 Å². The molecule has 0 spiro atoms. The minimum Gasteiger partial charge on any atom is -0.444 e. The fourth-order valence-corrected chi connectivity index (χ4v) is 4.79. The molecule has 35 heavy (non-hydrogen) atoms. The number of carbonyl (C=O) groups excluding carboxylic acids is 1. The summed E-state index contributed by atoms with van der Waals surface area (Å²) >= 11 is 0. The molecule has 192 valence electrons. The lowest BCUT2D eigenvalue weighted by atomic mass is 9.97. The average molecular weight is 505 g/mol. The number of ether oxygens (including phenoxy) is 1. The van der Waals surface area contributed by atoms with E-state index in [9.17, 15) is 13.2 Å². The van der Waals surface area contributed by atoms with Crippen molar-refractivity contribution < 1.29 is 17.9 Å². The molecule has 0 radical (unpaired) electrons. The van der Waals surface area contributed by atoms with Crippen LogP contribution in [-0.2, 0) is 21.3 Å². The third kappa shape index (κ3) is 8.44. The van der Waals surface area contributed by atoms with Crippen molar-refractivity contribution in [1.29, 1.82) is 0 Å². The molecule has 0 atom stereocenters. The number of carbonyl (C=O) groups is 1. The first kappa shape index (κ1) is 26.8. The van der Waals surface area contributed by atoms with Gasteiger partial charge in [-0.25, -0.2) is 27.9 Å². The van der Waals surface area contributed by atoms with E-state index < -0.39 is 15.6 Å². The Morgan fingerprint density at radius 2 is 1.83 bits per heavy atom. The van der Waals surface area contributed by atoms with Gasteiger partial charge in [-0.1, -0.05) is 6.92 Å². The van der Waals surface area contributed by atoms with E-state index in [1.54, 1.807) is 36.1 Å². The Morgan fingerprint density at radius 3 is 2.46 bits per heavy atom. The second-order valence-corrected chi connectivity index (χ2v) is 11.4.